The minimum absolute atomic E-state index is 0.0929. The van der Waals surface area contributed by atoms with Gasteiger partial charge < -0.3 is 15.0 Å². The molecule has 0 aromatic carbocycles. The van der Waals surface area contributed by atoms with Crippen molar-refractivity contribution in [1.82, 2.24) is 29.8 Å². The molecule has 1 aliphatic carbocycles. The summed E-state index contributed by atoms with van der Waals surface area (Å²) in [5, 5.41) is 7.17. The zero-order chi connectivity index (χ0) is 33.3. The Morgan fingerprint density at radius 3 is 2.59 bits per heavy atom. The second-order valence-corrected chi connectivity index (χ2v) is 14.6. The van der Waals surface area contributed by atoms with Gasteiger partial charge in [0.2, 0.25) is 5.88 Å². The van der Waals surface area contributed by atoms with Crippen LogP contribution in [-0.2, 0) is 10.0 Å². The first-order valence-electron chi connectivity index (χ1n) is 15.0. The molecule has 1 atom stereocenters. The fraction of sp³-hybridized carbons (Fsp3) is 0.533. The van der Waals surface area contributed by atoms with E-state index < -0.39 is 27.5 Å². The number of halogens is 4. The van der Waals surface area contributed by atoms with Gasteiger partial charge in [-0.3, -0.25) is 4.79 Å². The largest absolute Gasteiger partial charge is 0.477 e. The summed E-state index contributed by atoms with van der Waals surface area (Å²) in [6.07, 6.45) is 1.39. The Balaban J connectivity index is 1.16. The molecule has 11 nitrogen and oxygen atoms in total. The van der Waals surface area contributed by atoms with E-state index in [0.29, 0.717) is 18.4 Å². The molecule has 0 bridgehead atoms. The number of carbonyl (C=O) groups is 1. The van der Waals surface area contributed by atoms with Crippen LogP contribution >= 0.6 is 11.6 Å². The molecule has 4 heterocycles. The standard InChI is InChI=1S/C30H37ClF3N7O4S/c1-28(2)13-11-20(37-28)6-5-17-40(3)22-7-4-8-25(35-22)46(43,44)39-27(42)21-9-10-23(36-26(21)31)41-18-12-24(38-41)45-19-16-29(14-15-29)30(32,33)34/h4,7-10,12,18,20,37H,5-6,11,13-17,19H2,1-3H3,(H,39,42). The third kappa shape index (κ3) is 7.92. The molecule has 2 N–H and O–H groups in total. The Hall–Kier alpha value is -3.43. The Labute approximate surface area is 270 Å². The van der Waals surface area contributed by atoms with Crippen LogP contribution in [0.2, 0.25) is 5.15 Å². The minimum atomic E-state index is -4.35. The molecule has 3 aromatic heterocycles. The molecule has 1 saturated carbocycles. The van der Waals surface area contributed by atoms with Crippen molar-refractivity contribution in [2.24, 2.45) is 5.41 Å². The quantitative estimate of drug-likeness (QED) is 0.231. The number of carbonyl (C=O) groups excluding carboxylic acids is 1. The molecule has 1 amide bonds. The van der Waals surface area contributed by atoms with Crippen molar-refractivity contribution in [1.29, 1.82) is 0 Å². The molecule has 2 fully saturated rings. The first kappa shape index (κ1) is 33.9. The third-order valence-electron chi connectivity index (χ3n) is 8.52. The summed E-state index contributed by atoms with van der Waals surface area (Å²) in [4.78, 5) is 23.2. The zero-order valence-electron chi connectivity index (χ0n) is 25.8. The molecule has 5 rings (SSSR count). The lowest BCUT2D eigenvalue weighted by Gasteiger charge is -2.22. The summed E-state index contributed by atoms with van der Waals surface area (Å²) in [5.41, 5.74) is -1.72. The fourth-order valence-electron chi connectivity index (χ4n) is 5.54. The number of anilines is 1. The molecular weight excluding hydrogens is 647 g/mol. The van der Waals surface area contributed by atoms with Crippen molar-refractivity contribution in [3.63, 3.8) is 0 Å². The average molecular weight is 684 g/mol. The number of amides is 1. The first-order valence-corrected chi connectivity index (χ1v) is 16.9. The van der Waals surface area contributed by atoms with Crippen LogP contribution in [-0.4, -0.2) is 72.0 Å². The maximum atomic E-state index is 13.1. The molecule has 1 aliphatic heterocycles. The van der Waals surface area contributed by atoms with Crippen LogP contribution in [0.5, 0.6) is 5.88 Å². The van der Waals surface area contributed by atoms with E-state index in [1.54, 1.807) is 12.1 Å². The molecule has 1 unspecified atom stereocenters. The summed E-state index contributed by atoms with van der Waals surface area (Å²) >= 11 is 6.24. The van der Waals surface area contributed by atoms with Crippen LogP contribution in [0.4, 0.5) is 19.0 Å². The van der Waals surface area contributed by atoms with Crippen molar-refractivity contribution in [3.05, 3.63) is 53.3 Å². The van der Waals surface area contributed by atoms with Gasteiger partial charge >= 0.3 is 6.18 Å². The molecule has 46 heavy (non-hydrogen) atoms. The zero-order valence-corrected chi connectivity index (χ0v) is 27.3. The van der Waals surface area contributed by atoms with Gasteiger partial charge in [0, 0.05) is 37.4 Å². The van der Waals surface area contributed by atoms with Crippen molar-refractivity contribution < 1.29 is 31.1 Å². The third-order valence-corrected chi connectivity index (χ3v) is 10.0. The summed E-state index contributed by atoms with van der Waals surface area (Å²) < 4.78 is 74.2. The number of nitrogens with one attached hydrogen (secondary N) is 2. The second kappa shape index (κ2) is 13.0. The normalized spacial score (nSPS) is 18.7. The molecular formula is C30H37ClF3N7O4S. The topological polar surface area (TPSA) is 131 Å². The van der Waals surface area contributed by atoms with Crippen molar-refractivity contribution >= 4 is 33.3 Å². The Kier molecular flexibility index (Phi) is 9.58. The lowest BCUT2D eigenvalue weighted by Crippen LogP contribution is -2.37. The highest BCUT2D eigenvalue weighted by atomic mass is 35.5. The van der Waals surface area contributed by atoms with Crippen molar-refractivity contribution in [2.75, 3.05) is 25.1 Å². The average Bonchev–Trinajstić information content (AvgIpc) is 3.51. The Bertz CT molecular complexity index is 1680. The molecule has 0 radical (unpaired) electrons. The molecule has 0 spiro atoms. The van der Waals surface area contributed by atoms with Gasteiger partial charge in [-0.1, -0.05) is 17.7 Å². The first-order chi connectivity index (χ1) is 21.6. The second-order valence-electron chi connectivity index (χ2n) is 12.6. The number of aromatic nitrogens is 4. The van der Waals surface area contributed by atoms with E-state index in [-0.39, 0.29) is 58.8 Å². The van der Waals surface area contributed by atoms with Crippen LogP contribution in [0.1, 0.15) is 69.2 Å². The number of nitrogens with zero attached hydrogens (tertiary/aromatic N) is 5. The SMILES string of the molecule is CN(CCCC1CCC(C)(C)N1)c1cccc(S(=O)(=O)NC(=O)c2ccc(-n3ccc(OCCC4(C(F)(F)F)CC4)n3)nc2Cl)n1. The van der Waals surface area contributed by atoms with Gasteiger partial charge in [-0.25, -0.2) is 19.4 Å². The number of ether oxygens (including phenoxy) is 1. The number of alkyl halides is 3. The highest BCUT2D eigenvalue weighted by Gasteiger charge is 2.62. The van der Waals surface area contributed by atoms with Gasteiger partial charge in [0.05, 0.1) is 17.6 Å². The van der Waals surface area contributed by atoms with Gasteiger partial charge in [-0.05, 0) is 83.1 Å². The molecule has 1 saturated heterocycles. The van der Waals surface area contributed by atoms with E-state index in [0.717, 1.165) is 25.7 Å². The molecule has 3 aromatic rings. The van der Waals surface area contributed by atoms with Crippen LogP contribution in [0.25, 0.3) is 5.82 Å². The monoisotopic (exact) mass is 683 g/mol. The maximum Gasteiger partial charge on any atom is 0.394 e. The van der Waals surface area contributed by atoms with E-state index in [2.05, 4.69) is 34.2 Å². The predicted molar refractivity (Wildman–Crippen MR) is 166 cm³/mol. The van der Waals surface area contributed by atoms with E-state index in [9.17, 15) is 26.4 Å². The smallest absolute Gasteiger partial charge is 0.394 e. The Morgan fingerprint density at radius 1 is 1.17 bits per heavy atom. The molecule has 16 heteroatoms. The van der Waals surface area contributed by atoms with E-state index in [1.807, 2.05) is 16.7 Å². The van der Waals surface area contributed by atoms with Crippen LogP contribution in [0, 0.1) is 5.41 Å². The summed E-state index contributed by atoms with van der Waals surface area (Å²) in [5.74, 6) is -0.272. The van der Waals surface area contributed by atoms with Crippen LogP contribution in [0.3, 0.4) is 0 Å². The molecule has 2 aliphatic rings. The summed E-state index contributed by atoms with van der Waals surface area (Å²) in [7, 11) is -2.51. The number of pyridine rings is 2. The Morgan fingerprint density at radius 2 is 1.93 bits per heavy atom. The van der Waals surface area contributed by atoms with Gasteiger partial charge in [0.15, 0.2) is 10.8 Å². The van der Waals surface area contributed by atoms with E-state index >= 15 is 0 Å². The highest BCUT2D eigenvalue weighted by Crippen LogP contribution is 2.59. The van der Waals surface area contributed by atoms with E-state index in [1.165, 1.54) is 35.1 Å². The summed E-state index contributed by atoms with van der Waals surface area (Å²) in [6, 6.07) is 9.16. The van der Waals surface area contributed by atoms with Gasteiger partial charge in [-0.2, -0.15) is 21.6 Å². The van der Waals surface area contributed by atoms with Crippen LogP contribution in [0.15, 0.2) is 47.6 Å². The summed E-state index contributed by atoms with van der Waals surface area (Å²) in [6.45, 7) is 4.92. The number of hydrogen-bond acceptors (Lipinski definition) is 9. The number of rotatable bonds is 13. The lowest BCUT2D eigenvalue weighted by molar-refractivity contribution is -0.190. The van der Waals surface area contributed by atoms with Gasteiger partial charge in [0.1, 0.15) is 11.0 Å². The van der Waals surface area contributed by atoms with Gasteiger partial charge in [0.25, 0.3) is 15.9 Å². The number of sulfonamides is 1. The van der Waals surface area contributed by atoms with Crippen LogP contribution < -0.4 is 19.7 Å². The van der Waals surface area contributed by atoms with Gasteiger partial charge in [-0.15, -0.1) is 5.10 Å². The minimum Gasteiger partial charge on any atom is -0.477 e. The highest BCUT2D eigenvalue weighted by molar-refractivity contribution is 7.90. The molecule has 250 valence electrons. The van der Waals surface area contributed by atoms with Crippen molar-refractivity contribution in [2.45, 2.75) is 81.6 Å². The lowest BCUT2D eigenvalue weighted by atomic mass is 10.0. The van der Waals surface area contributed by atoms with Crippen molar-refractivity contribution in [3.8, 4) is 11.7 Å². The maximum absolute atomic E-state index is 13.1. The fourth-order valence-corrected chi connectivity index (χ4v) is 6.71. The van der Waals surface area contributed by atoms with E-state index in [4.69, 9.17) is 16.3 Å². The predicted octanol–water partition coefficient (Wildman–Crippen LogP) is 5.29. The number of hydrogen-bond donors (Lipinski definition) is 2.